The number of ether oxygens (including phenoxy) is 2. The molecule has 4 rings (SSSR count). The maximum absolute atomic E-state index is 13.4. The van der Waals surface area contributed by atoms with Crippen LogP contribution in [0, 0.1) is 6.92 Å². The van der Waals surface area contributed by atoms with Crippen LogP contribution < -0.4 is 9.64 Å². The van der Waals surface area contributed by atoms with E-state index in [2.05, 4.69) is 11.6 Å². The average Bonchev–Trinajstić information content (AvgIpc) is 3.43. The second kappa shape index (κ2) is 11.0. The van der Waals surface area contributed by atoms with Gasteiger partial charge in [-0.25, -0.2) is 9.78 Å². The number of aliphatic hydroxyl groups is 1. The molecule has 3 aromatic rings. The number of carbonyl (C=O) groups excluding carboxylic acids is 3. The number of allylic oxidation sites excluding steroid dienone is 1. The molecule has 37 heavy (non-hydrogen) atoms. The maximum atomic E-state index is 13.4. The minimum atomic E-state index is -0.982. The Labute approximate surface area is 217 Å². The predicted molar refractivity (Wildman–Crippen MR) is 141 cm³/mol. The van der Waals surface area contributed by atoms with Gasteiger partial charge in [-0.2, -0.15) is 0 Å². The topological polar surface area (TPSA) is 106 Å². The van der Waals surface area contributed by atoms with E-state index in [0.29, 0.717) is 23.6 Å². The third-order valence-corrected chi connectivity index (χ3v) is 6.76. The zero-order chi connectivity index (χ0) is 26.5. The number of aryl methyl sites for hydroxylation is 1. The van der Waals surface area contributed by atoms with Gasteiger partial charge >= 0.3 is 5.97 Å². The first-order valence-corrected chi connectivity index (χ1v) is 12.1. The normalized spacial score (nSPS) is 15.4. The summed E-state index contributed by atoms with van der Waals surface area (Å²) in [6.45, 7) is 5.56. The van der Waals surface area contributed by atoms with E-state index in [1.165, 1.54) is 18.1 Å². The zero-order valence-corrected chi connectivity index (χ0v) is 21.0. The van der Waals surface area contributed by atoms with Gasteiger partial charge in [0.25, 0.3) is 5.91 Å². The molecule has 8 nitrogen and oxygen atoms in total. The summed E-state index contributed by atoms with van der Waals surface area (Å²) < 4.78 is 10.4. The van der Waals surface area contributed by atoms with Crippen LogP contribution in [0.2, 0.25) is 0 Å². The number of amides is 1. The molecular weight excluding hydrogens is 492 g/mol. The summed E-state index contributed by atoms with van der Waals surface area (Å²) in [7, 11) is 1.25. The van der Waals surface area contributed by atoms with Gasteiger partial charge in [-0.1, -0.05) is 72.5 Å². The maximum Gasteiger partial charge on any atom is 0.350 e. The van der Waals surface area contributed by atoms with Crippen molar-refractivity contribution in [3.8, 4) is 5.75 Å². The Balaban J connectivity index is 1.78. The lowest BCUT2D eigenvalue weighted by molar-refractivity contribution is -0.117. The molecule has 0 bridgehead atoms. The first-order valence-electron chi connectivity index (χ1n) is 11.3. The van der Waals surface area contributed by atoms with Crippen LogP contribution in [0.15, 0.2) is 84.7 Å². The molecule has 1 atom stereocenters. The number of hydrogen-bond donors (Lipinski definition) is 1. The van der Waals surface area contributed by atoms with Crippen LogP contribution in [0.5, 0.6) is 5.75 Å². The monoisotopic (exact) mass is 516 g/mol. The number of carbonyl (C=O) groups is 3. The van der Waals surface area contributed by atoms with Crippen molar-refractivity contribution in [3.05, 3.63) is 106 Å². The van der Waals surface area contributed by atoms with Crippen molar-refractivity contribution in [1.29, 1.82) is 0 Å². The van der Waals surface area contributed by atoms with Crippen molar-refractivity contribution in [2.24, 2.45) is 0 Å². The SMILES string of the molecule is C=CCOc1ccc(C2C(C(=O)/C=C/c3ccccc3)=C(O)C(=O)N2c2nc(C)c(C(=O)OC)s2)cc1. The highest BCUT2D eigenvalue weighted by Crippen LogP contribution is 2.43. The van der Waals surface area contributed by atoms with Crippen LogP contribution in [0.25, 0.3) is 6.08 Å². The number of methoxy groups -OCH3 is 1. The van der Waals surface area contributed by atoms with Gasteiger partial charge in [-0.05, 0) is 36.3 Å². The van der Waals surface area contributed by atoms with E-state index in [-0.39, 0.29) is 15.6 Å². The van der Waals surface area contributed by atoms with Gasteiger partial charge in [-0.15, -0.1) is 0 Å². The fraction of sp³-hybridized carbons (Fsp3) is 0.143. The first kappa shape index (κ1) is 25.6. The van der Waals surface area contributed by atoms with Gasteiger partial charge in [0, 0.05) is 0 Å². The van der Waals surface area contributed by atoms with E-state index in [1.807, 2.05) is 30.3 Å². The molecule has 0 fully saturated rings. The van der Waals surface area contributed by atoms with Gasteiger partial charge < -0.3 is 14.6 Å². The molecule has 0 saturated heterocycles. The summed E-state index contributed by atoms with van der Waals surface area (Å²) in [4.78, 5) is 44.7. The molecule has 0 saturated carbocycles. The number of nitrogens with zero attached hydrogens (tertiary/aromatic N) is 2. The van der Waals surface area contributed by atoms with Crippen molar-refractivity contribution in [2.75, 3.05) is 18.6 Å². The molecule has 1 unspecified atom stereocenters. The Morgan fingerprint density at radius 2 is 1.86 bits per heavy atom. The Hall–Kier alpha value is -4.50. The molecule has 0 spiro atoms. The van der Waals surface area contributed by atoms with Gasteiger partial charge in [-0.3, -0.25) is 14.5 Å². The van der Waals surface area contributed by atoms with E-state index in [0.717, 1.165) is 16.9 Å². The number of hydrogen-bond acceptors (Lipinski definition) is 8. The van der Waals surface area contributed by atoms with Gasteiger partial charge in [0.2, 0.25) is 0 Å². The van der Waals surface area contributed by atoms with E-state index < -0.39 is 29.5 Å². The largest absolute Gasteiger partial charge is 0.503 e. The summed E-state index contributed by atoms with van der Waals surface area (Å²) in [5.74, 6) is -2.02. The molecular formula is C28H24N2O6S. The summed E-state index contributed by atoms with van der Waals surface area (Å²) in [5.41, 5.74) is 1.61. The second-order valence-corrected chi connectivity index (χ2v) is 9.00. The number of aromatic nitrogens is 1. The van der Waals surface area contributed by atoms with E-state index in [1.54, 1.807) is 43.3 Å². The molecule has 9 heteroatoms. The molecule has 0 radical (unpaired) electrons. The highest BCUT2D eigenvalue weighted by atomic mass is 32.1. The number of thiazole rings is 1. The Bertz CT molecular complexity index is 1410. The third kappa shape index (κ3) is 5.22. The van der Waals surface area contributed by atoms with Crippen LogP contribution in [-0.4, -0.2) is 41.5 Å². The zero-order valence-electron chi connectivity index (χ0n) is 20.2. The van der Waals surface area contributed by atoms with Crippen molar-refractivity contribution < 1.29 is 29.0 Å². The van der Waals surface area contributed by atoms with Gasteiger partial charge in [0.1, 0.15) is 17.2 Å². The van der Waals surface area contributed by atoms with Crippen LogP contribution in [0.4, 0.5) is 5.13 Å². The van der Waals surface area contributed by atoms with E-state index in [9.17, 15) is 19.5 Å². The first-order chi connectivity index (χ1) is 17.8. The number of esters is 1. The van der Waals surface area contributed by atoms with Crippen LogP contribution in [-0.2, 0) is 14.3 Å². The molecule has 1 aliphatic rings. The number of aliphatic hydroxyl groups excluding tert-OH is 1. The molecule has 188 valence electrons. The summed E-state index contributed by atoms with van der Waals surface area (Å²) in [6.07, 6.45) is 4.55. The lowest BCUT2D eigenvalue weighted by atomic mass is 9.95. The standard InChI is InChI=1S/C28H24N2O6S/c1-4-16-36-20-13-11-19(12-14-20)23-22(21(31)15-10-18-8-6-5-7-9-18)24(32)26(33)30(23)28-29-17(2)25(37-28)27(34)35-3/h4-15,23,32H,1,16H2,2-3H3/b15-10+. The van der Waals surface area contributed by atoms with Crippen molar-refractivity contribution >= 4 is 40.2 Å². The molecule has 1 aromatic heterocycles. The molecule has 1 N–H and O–H groups in total. The van der Waals surface area contributed by atoms with Crippen LogP contribution >= 0.6 is 11.3 Å². The lowest BCUT2D eigenvalue weighted by Crippen LogP contribution is -2.30. The minimum Gasteiger partial charge on any atom is -0.503 e. The molecule has 0 aliphatic carbocycles. The Kier molecular flexibility index (Phi) is 7.64. The molecule has 2 heterocycles. The van der Waals surface area contributed by atoms with E-state index >= 15 is 0 Å². The fourth-order valence-electron chi connectivity index (χ4n) is 3.86. The summed E-state index contributed by atoms with van der Waals surface area (Å²) >= 11 is 0.948. The van der Waals surface area contributed by atoms with Gasteiger partial charge in [0.15, 0.2) is 16.7 Å². The summed E-state index contributed by atoms with van der Waals surface area (Å²) in [6, 6.07) is 15.0. The van der Waals surface area contributed by atoms with Crippen molar-refractivity contribution in [3.63, 3.8) is 0 Å². The smallest absolute Gasteiger partial charge is 0.350 e. The molecule has 1 aliphatic heterocycles. The number of benzene rings is 2. The average molecular weight is 517 g/mol. The van der Waals surface area contributed by atoms with Crippen LogP contribution in [0.1, 0.15) is 32.5 Å². The number of ketones is 1. The quantitative estimate of drug-likeness (QED) is 0.243. The lowest BCUT2D eigenvalue weighted by Gasteiger charge is -2.24. The second-order valence-electron chi connectivity index (χ2n) is 8.02. The van der Waals surface area contributed by atoms with Crippen LogP contribution in [0.3, 0.4) is 0 Å². The number of rotatable bonds is 9. The van der Waals surface area contributed by atoms with Crippen molar-refractivity contribution in [2.45, 2.75) is 13.0 Å². The highest BCUT2D eigenvalue weighted by molar-refractivity contribution is 7.17. The predicted octanol–water partition coefficient (Wildman–Crippen LogP) is 4.99. The molecule has 2 aromatic carbocycles. The fourth-order valence-corrected chi connectivity index (χ4v) is 4.88. The minimum absolute atomic E-state index is 0.0931. The summed E-state index contributed by atoms with van der Waals surface area (Å²) in [5, 5.41) is 11.0. The Morgan fingerprint density at radius 1 is 1.16 bits per heavy atom. The van der Waals surface area contributed by atoms with Gasteiger partial charge in [0.05, 0.1) is 24.4 Å². The highest BCUT2D eigenvalue weighted by Gasteiger charge is 2.45. The Morgan fingerprint density at radius 3 is 2.51 bits per heavy atom. The molecule has 1 amide bonds. The number of anilines is 1. The van der Waals surface area contributed by atoms with E-state index in [4.69, 9.17) is 9.47 Å². The van der Waals surface area contributed by atoms with Crippen molar-refractivity contribution in [1.82, 2.24) is 4.98 Å². The third-order valence-electron chi connectivity index (χ3n) is 5.63.